The van der Waals surface area contributed by atoms with Crippen molar-refractivity contribution in [3.05, 3.63) is 62.2 Å². The molecule has 2 aromatic rings. The number of fused-ring (bicyclic) bond motifs is 2. The SMILES string of the molecule is C[C@@H]1[C@@H]([Si](C)(C)F)[C@H](CCO)O[C@@]12C(=O)N(Cc1cccc(I)c1)c1ccc(Cl)cc12. The van der Waals surface area contributed by atoms with Gasteiger partial charge in [0.25, 0.3) is 5.91 Å². The number of carbonyl (C=O) groups excluding carboxylic acids is 1. The third-order valence-electron chi connectivity index (χ3n) is 6.57. The molecule has 0 unspecified atom stereocenters. The van der Waals surface area contributed by atoms with Crippen molar-refractivity contribution >= 4 is 54.2 Å². The normalized spacial score (nSPS) is 27.9. The molecule has 1 fully saturated rings. The van der Waals surface area contributed by atoms with Gasteiger partial charge in [0.2, 0.25) is 8.41 Å². The van der Waals surface area contributed by atoms with Crippen LogP contribution in [-0.4, -0.2) is 32.1 Å². The molecule has 166 valence electrons. The Kier molecular flexibility index (Phi) is 6.28. The van der Waals surface area contributed by atoms with Crippen molar-refractivity contribution in [3.63, 3.8) is 0 Å². The first-order valence-electron chi connectivity index (χ1n) is 10.4. The Morgan fingerprint density at radius 1 is 1.29 bits per heavy atom. The molecule has 2 heterocycles. The van der Waals surface area contributed by atoms with Crippen molar-refractivity contribution in [2.45, 2.75) is 50.2 Å². The van der Waals surface area contributed by atoms with E-state index in [0.29, 0.717) is 23.6 Å². The fraction of sp³-hybridized carbons (Fsp3) is 0.435. The molecular formula is C23H26ClFINO3Si. The Hall–Kier alpha value is -1.00. The molecule has 1 N–H and O–H groups in total. The van der Waals surface area contributed by atoms with Crippen LogP contribution < -0.4 is 4.90 Å². The van der Waals surface area contributed by atoms with Gasteiger partial charge in [-0.1, -0.05) is 30.7 Å². The number of nitrogens with zero attached hydrogens (tertiary/aromatic N) is 1. The summed E-state index contributed by atoms with van der Waals surface area (Å²) in [5, 5.41) is 10.1. The smallest absolute Gasteiger partial charge is 0.264 e. The predicted molar refractivity (Wildman–Crippen MR) is 132 cm³/mol. The average Bonchev–Trinajstić information content (AvgIpc) is 3.10. The maximum absolute atomic E-state index is 15.5. The van der Waals surface area contributed by atoms with Gasteiger partial charge < -0.3 is 18.9 Å². The van der Waals surface area contributed by atoms with Gasteiger partial charge in [0.1, 0.15) is 0 Å². The molecule has 0 aliphatic carbocycles. The summed E-state index contributed by atoms with van der Waals surface area (Å²) < 4.78 is 23.0. The molecule has 2 aliphatic heterocycles. The van der Waals surface area contributed by atoms with Gasteiger partial charge in [0.05, 0.1) is 18.3 Å². The zero-order valence-electron chi connectivity index (χ0n) is 17.7. The molecule has 1 spiro atoms. The molecule has 1 amide bonds. The topological polar surface area (TPSA) is 49.8 Å². The second-order valence-electron chi connectivity index (χ2n) is 8.97. The summed E-state index contributed by atoms with van der Waals surface area (Å²) in [4.78, 5) is 15.7. The third-order valence-corrected chi connectivity index (χ3v) is 9.93. The Morgan fingerprint density at radius 2 is 2.03 bits per heavy atom. The molecule has 0 radical (unpaired) electrons. The minimum atomic E-state index is -3.19. The highest BCUT2D eigenvalue weighted by Crippen LogP contribution is 2.60. The molecule has 0 saturated carbocycles. The van der Waals surface area contributed by atoms with Crippen LogP contribution in [0.2, 0.25) is 23.7 Å². The molecule has 2 aliphatic rings. The first-order valence-corrected chi connectivity index (χ1v) is 14.8. The van der Waals surface area contributed by atoms with Crippen LogP contribution in [0, 0.1) is 9.49 Å². The van der Waals surface area contributed by atoms with E-state index in [4.69, 9.17) is 16.3 Å². The first-order chi connectivity index (χ1) is 14.6. The van der Waals surface area contributed by atoms with Gasteiger partial charge in [0.15, 0.2) is 5.60 Å². The van der Waals surface area contributed by atoms with Crippen molar-refractivity contribution < 1.29 is 18.7 Å². The maximum Gasteiger partial charge on any atom is 0.264 e. The number of benzene rings is 2. The molecule has 4 nitrogen and oxygen atoms in total. The van der Waals surface area contributed by atoms with E-state index in [0.717, 1.165) is 14.8 Å². The number of aliphatic hydroxyl groups is 1. The van der Waals surface area contributed by atoms with Gasteiger partial charge in [-0.2, -0.15) is 0 Å². The minimum absolute atomic E-state index is 0.114. The second kappa shape index (κ2) is 8.41. The quantitative estimate of drug-likeness (QED) is 0.286. The highest BCUT2D eigenvalue weighted by atomic mass is 127. The van der Waals surface area contributed by atoms with Crippen molar-refractivity contribution in [3.8, 4) is 0 Å². The van der Waals surface area contributed by atoms with Crippen LogP contribution in [0.25, 0.3) is 0 Å². The maximum atomic E-state index is 15.5. The number of hydrogen-bond donors (Lipinski definition) is 1. The molecular weight excluding hydrogens is 548 g/mol. The van der Waals surface area contributed by atoms with Crippen LogP contribution in [0.3, 0.4) is 0 Å². The van der Waals surface area contributed by atoms with E-state index in [1.54, 1.807) is 30.1 Å². The van der Waals surface area contributed by atoms with E-state index < -0.39 is 25.7 Å². The van der Waals surface area contributed by atoms with Gasteiger partial charge in [-0.25, -0.2) is 0 Å². The second-order valence-corrected chi connectivity index (χ2v) is 14.4. The van der Waals surface area contributed by atoms with E-state index in [1.165, 1.54) is 0 Å². The van der Waals surface area contributed by atoms with E-state index >= 15 is 4.11 Å². The van der Waals surface area contributed by atoms with Crippen LogP contribution in [-0.2, 0) is 21.7 Å². The van der Waals surface area contributed by atoms with Crippen molar-refractivity contribution in [1.29, 1.82) is 0 Å². The predicted octanol–water partition coefficient (Wildman–Crippen LogP) is 5.65. The van der Waals surface area contributed by atoms with Gasteiger partial charge in [-0.15, -0.1) is 0 Å². The van der Waals surface area contributed by atoms with Crippen molar-refractivity contribution in [1.82, 2.24) is 0 Å². The summed E-state index contributed by atoms with van der Waals surface area (Å²) in [6.07, 6.45) is -0.211. The lowest BCUT2D eigenvalue weighted by molar-refractivity contribution is -0.146. The molecule has 0 aromatic heterocycles. The zero-order valence-corrected chi connectivity index (χ0v) is 21.7. The number of halogens is 3. The highest BCUT2D eigenvalue weighted by molar-refractivity contribution is 14.1. The van der Waals surface area contributed by atoms with Crippen molar-refractivity contribution in [2.24, 2.45) is 5.92 Å². The lowest BCUT2D eigenvalue weighted by atomic mass is 9.82. The zero-order chi connectivity index (χ0) is 22.6. The molecule has 31 heavy (non-hydrogen) atoms. The molecule has 2 aromatic carbocycles. The summed E-state index contributed by atoms with van der Waals surface area (Å²) in [6.45, 7) is 5.50. The van der Waals surface area contributed by atoms with E-state index in [1.807, 2.05) is 37.3 Å². The number of carbonyl (C=O) groups is 1. The van der Waals surface area contributed by atoms with E-state index in [-0.39, 0.29) is 18.4 Å². The number of ether oxygens (including phenoxy) is 1. The van der Waals surface area contributed by atoms with Gasteiger partial charge >= 0.3 is 0 Å². The Bertz CT molecular complexity index is 1020. The number of rotatable bonds is 5. The molecule has 4 rings (SSSR count). The van der Waals surface area contributed by atoms with E-state index in [2.05, 4.69) is 22.6 Å². The molecule has 8 heteroatoms. The lowest BCUT2D eigenvalue weighted by Crippen LogP contribution is -2.45. The summed E-state index contributed by atoms with van der Waals surface area (Å²) in [5.74, 6) is -0.554. The fourth-order valence-corrected chi connectivity index (χ4v) is 8.71. The summed E-state index contributed by atoms with van der Waals surface area (Å²) in [7, 11) is -3.19. The fourth-order valence-electron chi connectivity index (χ4n) is 5.39. The standard InChI is InChI=1S/C23H26ClFINO3Si/c1-14-21(31(2,3)25)20(9-10-28)30-23(14)18-12-16(24)7-8-19(18)27(22(23)29)13-15-5-4-6-17(26)11-15/h4-8,11-12,14,20-21,28H,9-10,13H2,1-3H3/t14-,20+,21-,23+/m1/s1. The Labute approximate surface area is 202 Å². The monoisotopic (exact) mass is 573 g/mol. The van der Waals surface area contributed by atoms with Crippen LogP contribution in [0.15, 0.2) is 42.5 Å². The summed E-state index contributed by atoms with van der Waals surface area (Å²) in [5.41, 5.74) is 0.762. The molecule has 1 saturated heterocycles. The van der Waals surface area contributed by atoms with Gasteiger partial charge in [0, 0.05) is 32.2 Å². The van der Waals surface area contributed by atoms with E-state index in [9.17, 15) is 9.90 Å². The molecule has 4 atom stereocenters. The van der Waals surface area contributed by atoms with Crippen LogP contribution in [0.4, 0.5) is 9.80 Å². The Balaban J connectivity index is 1.83. The molecule has 0 bridgehead atoms. The number of aliphatic hydroxyl groups excluding tert-OH is 1. The van der Waals surface area contributed by atoms with Gasteiger partial charge in [-0.05, 0) is 78.0 Å². The third kappa shape index (κ3) is 3.86. The van der Waals surface area contributed by atoms with Crippen LogP contribution in [0.5, 0.6) is 0 Å². The Morgan fingerprint density at radius 3 is 2.68 bits per heavy atom. The highest BCUT2D eigenvalue weighted by Gasteiger charge is 2.66. The number of anilines is 1. The minimum Gasteiger partial charge on any atom is -0.396 e. The number of hydrogen-bond acceptors (Lipinski definition) is 3. The van der Waals surface area contributed by atoms with Crippen LogP contribution in [0.1, 0.15) is 24.5 Å². The first kappa shape index (κ1) is 23.2. The van der Waals surface area contributed by atoms with Crippen molar-refractivity contribution in [2.75, 3.05) is 11.5 Å². The lowest BCUT2D eigenvalue weighted by Gasteiger charge is -2.31. The summed E-state index contributed by atoms with van der Waals surface area (Å²) >= 11 is 8.59. The summed E-state index contributed by atoms with van der Waals surface area (Å²) in [6, 6.07) is 13.4. The van der Waals surface area contributed by atoms with Crippen LogP contribution >= 0.6 is 34.2 Å². The number of amides is 1. The van der Waals surface area contributed by atoms with Gasteiger partial charge in [-0.3, -0.25) is 4.79 Å². The average molecular weight is 574 g/mol. The largest absolute Gasteiger partial charge is 0.396 e.